The summed E-state index contributed by atoms with van der Waals surface area (Å²) in [4.78, 5) is 23.7. The first-order chi connectivity index (χ1) is 9.97. The van der Waals surface area contributed by atoms with Gasteiger partial charge in [0, 0.05) is 4.47 Å². The number of hydrogen-bond acceptors (Lipinski definition) is 2. The first-order valence-corrected chi connectivity index (χ1v) is 7.43. The lowest BCUT2D eigenvalue weighted by atomic mass is 9.82. The Morgan fingerprint density at radius 3 is 2.52 bits per heavy atom. The molecule has 1 saturated carbocycles. The van der Waals surface area contributed by atoms with Crippen LogP contribution in [0.25, 0.3) is 0 Å². The summed E-state index contributed by atoms with van der Waals surface area (Å²) in [6.45, 7) is 0. The van der Waals surface area contributed by atoms with Crippen molar-refractivity contribution in [3.63, 3.8) is 0 Å². The number of rotatable bonds is 3. The van der Waals surface area contributed by atoms with E-state index in [1.807, 2.05) is 12.2 Å². The minimum absolute atomic E-state index is 0.0686. The number of carbonyl (C=O) groups excluding carboxylic acids is 1. The Morgan fingerprint density at radius 2 is 1.90 bits per heavy atom. The molecule has 1 amide bonds. The van der Waals surface area contributed by atoms with Crippen LogP contribution in [0.4, 0.5) is 10.1 Å². The van der Waals surface area contributed by atoms with Gasteiger partial charge in [0.25, 0.3) is 0 Å². The molecule has 0 spiro atoms. The molecule has 3 rings (SSSR count). The number of carboxylic acids is 1. The molecule has 110 valence electrons. The van der Waals surface area contributed by atoms with Gasteiger partial charge < -0.3 is 10.4 Å². The predicted molar refractivity (Wildman–Crippen MR) is 78.1 cm³/mol. The third-order valence-electron chi connectivity index (χ3n) is 4.24. The van der Waals surface area contributed by atoms with Crippen molar-refractivity contribution in [1.29, 1.82) is 0 Å². The van der Waals surface area contributed by atoms with Gasteiger partial charge in [0.1, 0.15) is 5.82 Å². The summed E-state index contributed by atoms with van der Waals surface area (Å²) in [5, 5.41) is 11.8. The van der Waals surface area contributed by atoms with E-state index in [1.165, 1.54) is 12.1 Å². The maximum Gasteiger partial charge on any atom is 0.307 e. The summed E-state index contributed by atoms with van der Waals surface area (Å²) >= 11 is 3.14. The van der Waals surface area contributed by atoms with Gasteiger partial charge in [-0.1, -0.05) is 28.1 Å². The molecule has 4 unspecified atom stereocenters. The Morgan fingerprint density at radius 1 is 1.24 bits per heavy atom. The van der Waals surface area contributed by atoms with Gasteiger partial charge in [0.2, 0.25) is 5.91 Å². The minimum Gasteiger partial charge on any atom is -0.481 e. The fraction of sp³-hybridized carbons (Fsp3) is 0.333. The molecule has 1 aromatic rings. The highest BCUT2D eigenvalue weighted by atomic mass is 79.9. The molecular weight excluding hydrogens is 341 g/mol. The van der Waals surface area contributed by atoms with Crippen LogP contribution in [0.15, 0.2) is 34.8 Å². The lowest BCUT2D eigenvalue weighted by Gasteiger charge is -2.23. The van der Waals surface area contributed by atoms with E-state index in [9.17, 15) is 19.1 Å². The third kappa shape index (κ3) is 2.48. The van der Waals surface area contributed by atoms with Crippen molar-refractivity contribution in [2.24, 2.45) is 23.7 Å². The standard InChI is InChI=1S/C15H13BrFNO3/c16-9-3-4-11(10(17)6-9)18-14(19)12-7-1-2-8(5-7)13(12)15(20)21/h1-4,6-8,12-13H,5H2,(H,18,19)(H,20,21). The molecule has 0 aliphatic heterocycles. The second-order valence-electron chi connectivity index (χ2n) is 5.45. The van der Waals surface area contributed by atoms with Gasteiger partial charge >= 0.3 is 5.97 Å². The quantitative estimate of drug-likeness (QED) is 0.820. The first-order valence-electron chi connectivity index (χ1n) is 6.64. The van der Waals surface area contributed by atoms with E-state index in [0.29, 0.717) is 10.9 Å². The molecule has 6 heteroatoms. The monoisotopic (exact) mass is 353 g/mol. The van der Waals surface area contributed by atoms with Crippen molar-refractivity contribution in [1.82, 2.24) is 0 Å². The molecule has 0 heterocycles. The number of halogens is 2. The number of benzene rings is 1. The van der Waals surface area contributed by atoms with Crippen molar-refractivity contribution >= 4 is 33.5 Å². The fourth-order valence-corrected chi connectivity index (χ4v) is 3.66. The zero-order valence-corrected chi connectivity index (χ0v) is 12.5. The number of nitrogens with one attached hydrogen (secondary N) is 1. The molecule has 4 nitrogen and oxygen atoms in total. The van der Waals surface area contributed by atoms with Crippen LogP contribution in [0.5, 0.6) is 0 Å². The van der Waals surface area contributed by atoms with Gasteiger partial charge in [-0.3, -0.25) is 9.59 Å². The maximum absolute atomic E-state index is 13.8. The number of hydrogen-bond donors (Lipinski definition) is 2. The summed E-state index contributed by atoms with van der Waals surface area (Å²) in [7, 11) is 0. The fourth-order valence-electron chi connectivity index (χ4n) is 3.32. The number of aliphatic carboxylic acids is 1. The molecule has 0 saturated heterocycles. The Hall–Kier alpha value is -1.69. The Kier molecular flexibility index (Phi) is 3.57. The Labute approximate surface area is 129 Å². The van der Waals surface area contributed by atoms with Crippen LogP contribution in [-0.2, 0) is 9.59 Å². The number of amides is 1. The molecule has 2 N–H and O–H groups in total. The smallest absolute Gasteiger partial charge is 0.307 e. The lowest BCUT2D eigenvalue weighted by molar-refractivity contribution is -0.146. The Bertz CT molecular complexity index is 646. The molecular formula is C15H13BrFNO3. The van der Waals surface area contributed by atoms with Crippen LogP contribution < -0.4 is 5.32 Å². The van der Waals surface area contributed by atoms with E-state index in [4.69, 9.17) is 0 Å². The van der Waals surface area contributed by atoms with E-state index in [1.54, 1.807) is 6.07 Å². The van der Waals surface area contributed by atoms with Crippen LogP contribution in [0.3, 0.4) is 0 Å². The van der Waals surface area contributed by atoms with Gasteiger partial charge in [-0.05, 0) is 36.5 Å². The lowest BCUT2D eigenvalue weighted by Crippen LogP contribution is -2.36. The summed E-state index contributed by atoms with van der Waals surface area (Å²) in [5.41, 5.74) is 0.0686. The molecule has 21 heavy (non-hydrogen) atoms. The summed E-state index contributed by atoms with van der Waals surface area (Å²) in [5.74, 6) is -3.49. The van der Waals surface area contributed by atoms with Crippen LogP contribution in [0.2, 0.25) is 0 Å². The number of anilines is 1. The highest BCUT2D eigenvalue weighted by Crippen LogP contribution is 2.48. The van der Waals surface area contributed by atoms with Crippen LogP contribution in [0.1, 0.15) is 6.42 Å². The van der Waals surface area contributed by atoms with Gasteiger partial charge in [-0.25, -0.2) is 4.39 Å². The molecule has 1 aromatic carbocycles. The number of carbonyl (C=O) groups is 2. The SMILES string of the molecule is O=C(O)C1C2C=CC(C2)C1C(=O)Nc1ccc(Br)cc1F. The van der Waals surface area contributed by atoms with E-state index in [-0.39, 0.29) is 17.5 Å². The predicted octanol–water partition coefficient (Wildman–Crippen LogP) is 3.05. The van der Waals surface area contributed by atoms with Crippen LogP contribution >= 0.6 is 15.9 Å². The van der Waals surface area contributed by atoms with E-state index < -0.39 is 29.5 Å². The zero-order valence-electron chi connectivity index (χ0n) is 10.9. The van der Waals surface area contributed by atoms with Crippen molar-refractivity contribution in [2.45, 2.75) is 6.42 Å². The van der Waals surface area contributed by atoms with E-state index in [2.05, 4.69) is 21.2 Å². The summed E-state index contributed by atoms with van der Waals surface area (Å²) < 4.78 is 14.3. The van der Waals surface area contributed by atoms with Gasteiger partial charge in [0.15, 0.2) is 0 Å². The highest BCUT2D eigenvalue weighted by molar-refractivity contribution is 9.10. The van der Waals surface area contributed by atoms with Crippen molar-refractivity contribution in [3.05, 3.63) is 40.6 Å². The molecule has 2 bridgehead atoms. The average molecular weight is 354 g/mol. The first kappa shape index (κ1) is 14.3. The molecule has 0 aromatic heterocycles. The molecule has 2 aliphatic carbocycles. The minimum atomic E-state index is -0.969. The van der Waals surface area contributed by atoms with Gasteiger partial charge in [-0.15, -0.1) is 0 Å². The van der Waals surface area contributed by atoms with Crippen LogP contribution in [0, 0.1) is 29.5 Å². The normalized spacial score (nSPS) is 29.6. The van der Waals surface area contributed by atoms with Gasteiger partial charge in [-0.2, -0.15) is 0 Å². The molecule has 0 radical (unpaired) electrons. The van der Waals surface area contributed by atoms with Crippen LogP contribution in [-0.4, -0.2) is 17.0 Å². The van der Waals surface area contributed by atoms with Gasteiger partial charge in [0.05, 0.1) is 17.5 Å². The number of fused-ring (bicyclic) bond motifs is 2. The average Bonchev–Trinajstić information content (AvgIpc) is 3.02. The molecule has 1 fully saturated rings. The largest absolute Gasteiger partial charge is 0.481 e. The summed E-state index contributed by atoms with van der Waals surface area (Å²) in [6, 6.07) is 4.33. The van der Waals surface area contributed by atoms with Crippen molar-refractivity contribution < 1.29 is 19.1 Å². The topological polar surface area (TPSA) is 66.4 Å². The Balaban J connectivity index is 1.82. The highest BCUT2D eigenvalue weighted by Gasteiger charge is 2.51. The summed E-state index contributed by atoms with van der Waals surface area (Å²) in [6.07, 6.45) is 4.44. The molecule has 2 aliphatic rings. The third-order valence-corrected chi connectivity index (χ3v) is 4.73. The maximum atomic E-state index is 13.8. The van der Waals surface area contributed by atoms with Crippen molar-refractivity contribution in [2.75, 3.05) is 5.32 Å². The number of allylic oxidation sites excluding steroid dienone is 2. The second-order valence-corrected chi connectivity index (χ2v) is 6.37. The molecule has 4 atom stereocenters. The van der Waals surface area contributed by atoms with E-state index >= 15 is 0 Å². The zero-order chi connectivity index (χ0) is 15.1. The number of carboxylic acid groups (broad SMARTS) is 1. The second kappa shape index (κ2) is 5.26. The van der Waals surface area contributed by atoms with Crippen molar-refractivity contribution in [3.8, 4) is 0 Å². The van der Waals surface area contributed by atoms with E-state index in [0.717, 1.165) is 0 Å².